The number of hydrogen-bond donors (Lipinski definition) is 0. The fourth-order valence-electron chi connectivity index (χ4n) is 2.19. The minimum absolute atomic E-state index is 0.0108. The minimum Gasteiger partial charge on any atom is -0.307 e. The summed E-state index contributed by atoms with van der Waals surface area (Å²) in [4.78, 5) is 24.9. The molecule has 0 saturated carbocycles. The highest BCUT2D eigenvalue weighted by Crippen LogP contribution is 2.34. The molecule has 0 bridgehead atoms. The number of azide groups is 1. The molecule has 1 fully saturated rings. The van der Waals surface area contributed by atoms with Gasteiger partial charge in [0.1, 0.15) is 11.5 Å². The molecule has 1 aliphatic rings. The van der Waals surface area contributed by atoms with E-state index < -0.39 is 33.8 Å². The standard InChI is InChI=1S/C11H9F2N5O3/c12-7-1-2-8(18(20)21)10(13)11(7)17-5-6(3-9(17)19)4-15-16-14/h1-2,6H,3-5H2. The third kappa shape index (κ3) is 2.75. The lowest BCUT2D eigenvalue weighted by atomic mass is 10.1. The van der Waals surface area contributed by atoms with Gasteiger partial charge in [0, 0.05) is 30.5 Å². The Bertz CT molecular complexity index is 660. The Balaban J connectivity index is 2.38. The number of carbonyl (C=O) groups is 1. The van der Waals surface area contributed by atoms with Crippen LogP contribution in [0.2, 0.25) is 0 Å². The van der Waals surface area contributed by atoms with Gasteiger partial charge in [0.25, 0.3) is 0 Å². The molecule has 110 valence electrons. The highest BCUT2D eigenvalue weighted by Gasteiger charge is 2.35. The molecule has 8 nitrogen and oxygen atoms in total. The smallest absolute Gasteiger partial charge is 0.307 e. The van der Waals surface area contributed by atoms with Crippen LogP contribution < -0.4 is 4.90 Å². The summed E-state index contributed by atoms with van der Waals surface area (Å²) < 4.78 is 27.8. The van der Waals surface area contributed by atoms with Crippen molar-refractivity contribution in [1.29, 1.82) is 0 Å². The van der Waals surface area contributed by atoms with E-state index in [9.17, 15) is 23.7 Å². The SMILES string of the molecule is [N-]=[N+]=NCC1CC(=O)N(c2c(F)ccc([N+](=O)[O-])c2F)C1. The van der Waals surface area contributed by atoms with Gasteiger partial charge in [0.2, 0.25) is 11.7 Å². The van der Waals surface area contributed by atoms with Crippen LogP contribution in [-0.2, 0) is 4.79 Å². The average Bonchev–Trinajstić information content (AvgIpc) is 2.77. The summed E-state index contributed by atoms with van der Waals surface area (Å²) >= 11 is 0. The minimum atomic E-state index is -1.39. The third-order valence-electron chi connectivity index (χ3n) is 3.12. The maximum absolute atomic E-state index is 14.0. The molecule has 1 amide bonds. The van der Waals surface area contributed by atoms with Gasteiger partial charge >= 0.3 is 5.69 Å². The predicted octanol–water partition coefficient (Wildman–Crippen LogP) is 2.54. The van der Waals surface area contributed by atoms with E-state index in [4.69, 9.17) is 5.53 Å². The zero-order chi connectivity index (χ0) is 15.6. The fourth-order valence-corrected chi connectivity index (χ4v) is 2.19. The molecule has 1 unspecified atom stereocenters. The summed E-state index contributed by atoms with van der Waals surface area (Å²) in [7, 11) is 0. The molecule has 10 heteroatoms. The first-order valence-electron chi connectivity index (χ1n) is 5.89. The van der Waals surface area contributed by atoms with Crippen LogP contribution in [0.4, 0.5) is 20.2 Å². The second-order valence-corrected chi connectivity index (χ2v) is 4.47. The Morgan fingerprint density at radius 1 is 1.52 bits per heavy atom. The van der Waals surface area contributed by atoms with Gasteiger partial charge in [-0.15, -0.1) is 0 Å². The van der Waals surface area contributed by atoms with E-state index in [0.717, 1.165) is 11.0 Å². The Hall–Kier alpha value is -2.74. The van der Waals surface area contributed by atoms with Crippen LogP contribution in [0.5, 0.6) is 0 Å². The van der Waals surface area contributed by atoms with Crippen molar-refractivity contribution in [3.63, 3.8) is 0 Å². The van der Waals surface area contributed by atoms with Gasteiger partial charge in [0.05, 0.1) is 4.92 Å². The molecular weight excluding hydrogens is 288 g/mol. The summed E-state index contributed by atoms with van der Waals surface area (Å²) in [6, 6.07) is 1.44. The van der Waals surface area contributed by atoms with Gasteiger partial charge in [-0.3, -0.25) is 14.9 Å². The van der Waals surface area contributed by atoms with Crippen molar-refractivity contribution in [2.24, 2.45) is 11.0 Å². The fraction of sp³-hybridized carbons (Fsp3) is 0.364. The summed E-state index contributed by atoms with van der Waals surface area (Å²) in [6.07, 6.45) is -0.0411. The molecule has 0 aliphatic carbocycles. The molecule has 0 aromatic heterocycles. The first-order valence-corrected chi connectivity index (χ1v) is 5.89. The van der Waals surface area contributed by atoms with Gasteiger partial charge in [-0.2, -0.15) is 4.39 Å². The number of amides is 1. The van der Waals surface area contributed by atoms with Gasteiger partial charge in [-0.1, -0.05) is 5.11 Å². The highest BCUT2D eigenvalue weighted by atomic mass is 19.1. The molecule has 0 radical (unpaired) electrons. The van der Waals surface area contributed by atoms with Crippen molar-refractivity contribution in [2.75, 3.05) is 18.0 Å². The van der Waals surface area contributed by atoms with Gasteiger partial charge < -0.3 is 4.90 Å². The molecule has 2 rings (SSSR count). The summed E-state index contributed by atoms with van der Waals surface area (Å²) in [5.74, 6) is -3.41. The quantitative estimate of drug-likeness (QED) is 0.280. The number of nitrogens with zero attached hydrogens (tertiary/aromatic N) is 5. The lowest BCUT2D eigenvalue weighted by Gasteiger charge is -2.17. The number of nitro benzene ring substituents is 1. The van der Waals surface area contributed by atoms with Crippen LogP contribution >= 0.6 is 0 Å². The highest BCUT2D eigenvalue weighted by molar-refractivity contribution is 5.96. The Morgan fingerprint density at radius 2 is 2.24 bits per heavy atom. The number of anilines is 1. The van der Waals surface area contributed by atoms with Crippen molar-refractivity contribution in [3.05, 3.63) is 44.3 Å². The van der Waals surface area contributed by atoms with E-state index in [0.29, 0.717) is 6.07 Å². The summed E-state index contributed by atoms with van der Waals surface area (Å²) in [5.41, 5.74) is 6.58. The number of nitro groups is 1. The number of benzene rings is 1. The molecule has 1 aliphatic heterocycles. The summed E-state index contributed by atoms with van der Waals surface area (Å²) in [5, 5.41) is 14.0. The number of halogens is 2. The van der Waals surface area contributed by atoms with Gasteiger partial charge in [-0.25, -0.2) is 4.39 Å². The Morgan fingerprint density at radius 3 is 2.86 bits per heavy atom. The largest absolute Gasteiger partial charge is 0.307 e. The van der Waals surface area contributed by atoms with Crippen molar-refractivity contribution >= 4 is 17.3 Å². The Kier molecular flexibility index (Phi) is 3.99. The van der Waals surface area contributed by atoms with Gasteiger partial charge in [0.15, 0.2) is 0 Å². The van der Waals surface area contributed by atoms with E-state index in [2.05, 4.69) is 10.0 Å². The first kappa shape index (κ1) is 14.7. The molecule has 1 aromatic rings. The lowest BCUT2D eigenvalue weighted by Crippen LogP contribution is -2.27. The van der Waals surface area contributed by atoms with E-state index in [-0.39, 0.29) is 25.4 Å². The second kappa shape index (κ2) is 5.71. The van der Waals surface area contributed by atoms with Crippen LogP contribution in [0, 0.1) is 27.7 Å². The number of carbonyl (C=O) groups excluding carboxylic acids is 1. The van der Waals surface area contributed by atoms with Crippen LogP contribution in [0.25, 0.3) is 10.4 Å². The van der Waals surface area contributed by atoms with Crippen molar-refractivity contribution in [2.45, 2.75) is 6.42 Å². The van der Waals surface area contributed by atoms with E-state index in [1.165, 1.54) is 0 Å². The average molecular weight is 297 g/mol. The maximum Gasteiger partial charge on any atom is 0.307 e. The van der Waals surface area contributed by atoms with E-state index in [1.807, 2.05) is 0 Å². The molecule has 21 heavy (non-hydrogen) atoms. The third-order valence-corrected chi connectivity index (χ3v) is 3.12. The molecule has 0 spiro atoms. The van der Waals surface area contributed by atoms with Crippen molar-refractivity contribution in [1.82, 2.24) is 0 Å². The normalized spacial score (nSPS) is 17.7. The summed E-state index contributed by atoms with van der Waals surface area (Å²) in [6.45, 7) is -0.0518. The van der Waals surface area contributed by atoms with Gasteiger partial charge in [-0.05, 0) is 17.5 Å². The second-order valence-electron chi connectivity index (χ2n) is 4.47. The van der Waals surface area contributed by atoms with Crippen LogP contribution in [-0.4, -0.2) is 23.9 Å². The van der Waals surface area contributed by atoms with Crippen LogP contribution in [0.1, 0.15) is 6.42 Å². The zero-order valence-electron chi connectivity index (χ0n) is 10.6. The monoisotopic (exact) mass is 297 g/mol. The molecule has 1 atom stereocenters. The molecule has 1 heterocycles. The lowest BCUT2D eigenvalue weighted by molar-refractivity contribution is -0.387. The van der Waals surface area contributed by atoms with Crippen LogP contribution in [0.3, 0.4) is 0 Å². The van der Waals surface area contributed by atoms with Crippen molar-refractivity contribution in [3.8, 4) is 0 Å². The molecule has 1 aromatic carbocycles. The number of hydrogen-bond acceptors (Lipinski definition) is 4. The molecular formula is C11H9F2N5O3. The maximum atomic E-state index is 14.0. The van der Waals surface area contributed by atoms with Crippen molar-refractivity contribution < 1.29 is 18.5 Å². The van der Waals surface area contributed by atoms with E-state index in [1.54, 1.807) is 0 Å². The topological polar surface area (TPSA) is 112 Å². The molecule has 0 N–H and O–H groups in total. The zero-order valence-corrected chi connectivity index (χ0v) is 10.6. The van der Waals surface area contributed by atoms with E-state index >= 15 is 0 Å². The number of rotatable bonds is 4. The molecule has 1 saturated heterocycles. The van der Waals surface area contributed by atoms with Crippen LogP contribution in [0.15, 0.2) is 17.2 Å². The Labute approximate surface area is 116 Å². The first-order chi connectivity index (χ1) is 9.95. The predicted molar refractivity (Wildman–Crippen MR) is 67.5 cm³/mol.